The Morgan fingerprint density at radius 1 is 0.500 bits per heavy atom. The highest BCUT2D eigenvalue weighted by atomic mass is 15.2. The van der Waals surface area contributed by atoms with Gasteiger partial charge >= 0.3 is 0 Å². The summed E-state index contributed by atoms with van der Waals surface area (Å²) < 4.78 is 4.72. The fraction of sp³-hybridized carbons (Fsp3) is 0.113. The van der Waals surface area contributed by atoms with Gasteiger partial charge in [0.05, 0.1) is 16.6 Å². The maximum absolute atomic E-state index is 5.16. The second kappa shape index (κ2) is 13.8. The van der Waals surface area contributed by atoms with E-state index >= 15 is 0 Å². The van der Waals surface area contributed by atoms with E-state index < -0.39 is 0 Å². The molecule has 0 bridgehead atoms. The molecule has 3 aromatic heterocycles. The van der Waals surface area contributed by atoms with Gasteiger partial charge in [0.1, 0.15) is 0 Å². The van der Waals surface area contributed by atoms with Gasteiger partial charge < -0.3 is 4.57 Å². The highest BCUT2D eigenvalue weighted by Crippen LogP contribution is 2.43. The highest BCUT2D eigenvalue weighted by molar-refractivity contribution is 6.10. The number of rotatable bonds is 6. The first kappa shape index (κ1) is 34.2. The van der Waals surface area contributed by atoms with Crippen LogP contribution in [0.4, 0.5) is 0 Å². The molecule has 0 N–H and O–H groups in total. The summed E-state index contributed by atoms with van der Waals surface area (Å²) in [4.78, 5) is 15.3. The van der Waals surface area contributed by atoms with E-state index in [1.165, 1.54) is 60.9 Å². The molecule has 58 heavy (non-hydrogen) atoms. The smallest absolute Gasteiger partial charge is 0.238 e. The van der Waals surface area contributed by atoms with Gasteiger partial charge in [0.15, 0.2) is 11.6 Å². The third-order valence-corrected chi connectivity index (χ3v) is 12.1. The van der Waals surface area contributed by atoms with Gasteiger partial charge in [-0.3, -0.25) is 4.57 Å². The normalized spacial score (nSPS) is 16.4. The van der Waals surface area contributed by atoms with Gasteiger partial charge in [-0.05, 0) is 71.4 Å². The van der Waals surface area contributed by atoms with Crippen molar-refractivity contribution in [3.05, 3.63) is 192 Å². The first-order valence-corrected chi connectivity index (χ1v) is 20.3. The Hall–Kier alpha value is -7.11. The van der Waals surface area contributed by atoms with Crippen LogP contribution in [0.5, 0.6) is 0 Å². The molecule has 0 fully saturated rings. The number of nitrogens with zero attached hydrogens (tertiary/aromatic N) is 5. The minimum atomic E-state index is 0.314. The van der Waals surface area contributed by atoms with Crippen molar-refractivity contribution < 1.29 is 0 Å². The summed E-state index contributed by atoms with van der Waals surface area (Å²) >= 11 is 0. The molecule has 5 nitrogen and oxygen atoms in total. The third kappa shape index (κ3) is 5.65. The topological polar surface area (TPSA) is 48.5 Å². The summed E-state index contributed by atoms with van der Waals surface area (Å²) in [6.07, 6.45) is 11.4. The fourth-order valence-electron chi connectivity index (χ4n) is 9.27. The van der Waals surface area contributed by atoms with Crippen molar-refractivity contribution in [3.8, 4) is 34.4 Å². The Labute approximate surface area is 338 Å². The number of hydrogen-bond acceptors (Lipinski definition) is 3. The summed E-state index contributed by atoms with van der Waals surface area (Å²) in [7, 11) is 0. The van der Waals surface area contributed by atoms with E-state index in [1.54, 1.807) is 0 Å². The largest absolute Gasteiger partial charge is 0.313 e. The first-order valence-electron chi connectivity index (χ1n) is 20.3. The summed E-state index contributed by atoms with van der Waals surface area (Å²) in [5.74, 6) is 2.66. The van der Waals surface area contributed by atoms with E-state index in [-0.39, 0.29) is 0 Å². The second-order valence-corrected chi connectivity index (χ2v) is 15.8. The van der Waals surface area contributed by atoms with Crippen molar-refractivity contribution >= 4 is 49.9 Å². The number of allylic oxidation sites excluding steroid dienone is 5. The lowest BCUT2D eigenvalue weighted by Crippen LogP contribution is -2.07. The predicted molar refractivity (Wildman–Crippen MR) is 240 cm³/mol. The van der Waals surface area contributed by atoms with Crippen molar-refractivity contribution in [1.29, 1.82) is 0 Å². The standard InChI is InChI=1S/C53H41N5/c1-34-15-14-23-46-45-29-26-39(32-48(45)57(50(34)46)41-20-10-5-11-21-41)38-25-28-42(35(2)31-38)40-27-30-44-43-22-12-13-24-47(43)58(49(44)33-40)53-55-51(36-16-6-3-7-17-36)54-52(56-53)37-18-8-4-9-19-37/h3-14,16-30,32-35H,15,31H2,1-2H3. The Morgan fingerprint density at radius 2 is 1.10 bits per heavy atom. The monoisotopic (exact) mass is 747 g/mol. The molecule has 0 saturated heterocycles. The van der Waals surface area contributed by atoms with E-state index in [1.807, 2.05) is 36.4 Å². The lowest BCUT2D eigenvalue weighted by atomic mass is 9.82. The summed E-state index contributed by atoms with van der Waals surface area (Å²) in [5.41, 5.74) is 14.5. The molecule has 0 radical (unpaired) electrons. The van der Waals surface area contributed by atoms with Gasteiger partial charge in [-0.15, -0.1) is 0 Å². The Morgan fingerprint density at radius 3 is 1.83 bits per heavy atom. The zero-order valence-corrected chi connectivity index (χ0v) is 32.5. The quantitative estimate of drug-likeness (QED) is 0.170. The highest BCUT2D eigenvalue weighted by Gasteiger charge is 2.25. The van der Waals surface area contributed by atoms with Gasteiger partial charge in [0.2, 0.25) is 5.95 Å². The van der Waals surface area contributed by atoms with E-state index in [2.05, 4.69) is 163 Å². The van der Waals surface area contributed by atoms with E-state index in [0.717, 1.165) is 35.0 Å². The van der Waals surface area contributed by atoms with Crippen LogP contribution in [0.15, 0.2) is 170 Å². The van der Waals surface area contributed by atoms with Gasteiger partial charge in [0.25, 0.3) is 0 Å². The van der Waals surface area contributed by atoms with E-state index in [4.69, 9.17) is 15.0 Å². The molecular weight excluding hydrogens is 707 g/mol. The molecule has 0 amide bonds. The predicted octanol–water partition coefficient (Wildman–Crippen LogP) is 13.3. The molecule has 11 rings (SSSR count). The zero-order chi connectivity index (χ0) is 38.7. The summed E-state index contributed by atoms with van der Waals surface area (Å²) in [6.45, 7) is 4.71. The molecule has 2 atom stereocenters. The first-order chi connectivity index (χ1) is 28.6. The van der Waals surface area contributed by atoms with Crippen molar-refractivity contribution in [2.24, 2.45) is 5.92 Å². The molecule has 2 aliphatic carbocycles. The van der Waals surface area contributed by atoms with Crippen LogP contribution in [0.1, 0.15) is 55.0 Å². The SMILES string of the molecule is CC1CC(c2ccc3c4c(n(-c5ccccc5)c3c2)C(C)CC=C4)=CC=C1c1ccc2c3ccccc3n(-c3nc(-c4ccccc4)nc(-c4ccccc4)n3)c2c1. The van der Waals surface area contributed by atoms with Crippen LogP contribution >= 0.6 is 0 Å². The minimum Gasteiger partial charge on any atom is -0.313 e. The van der Waals surface area contributed by atoms with Crippen LogP contribution in [0.3, 0.4) is 0 Å². The van der Waals surface area contributed by atoms with E-state index in [0.29, 0.717) is 29.4 Å². The van der Waals surface area contributed by atoms with Crippen molar-refractivity contribution in [1.82, 2.24) is 24.1 Å². The van der Waals surface area contributed by atoms with Gasteiger partial charge in [-0.25, -0.2) is 4.98 Å². The van der Waals surface area contributed by atoms with Gasteiger partial charge in [-0.2, -0.15) is 9.97 Å². The maximum atomic E-state index is 5.16. The number of aromatic nitrogens is 5. The van der Waals surface area contributed by atoms with Gasteiger partial charge in [-0.1, -0.05) is 159 Å². The van der Waals surface area contributed by atoms with Crippen molar-refractivity contribution in [2.75, 3.05) is 0 Å². The zero-order valence-electron chi connectivity index (χ0n) is 32.5. The van der Waals surface area contributed by atoms with Crippen LogP contribution in [-0.4, -0.2) is 24.1 Å². The van der Waals surface area contributed by atoms with Gasteiger partial charge in [0, 0.05) is 50.1 Å². The van der Waals surface area contributed by atoms with Crippen LogP contribution in [0.2, 0.25) is 0 Å². The number of fused-ring (bicyclic) bond motifs is 6. The molecule has 3 heterocycles. The van der Waals surface area contributed by atoms with E-state index in [9.17, 15) is 0 Å². The molecular formula is C53H41N5. The second-order valence-electron chi connectivity index (χ2n) is 15.8. The fourth-order valence-corrected chi connectivity index (χ4v) is 9.27. The number of para-hydroxylation sites is 2. The average molecular weight is 748 g/mol. The molecule has 0 saturated carbocycles. The maximum Gasteiger partial charge on any atom is 0.238 e. The molecule has 6 aromatic carbocycles. The van der Waals surface area contributed by atoms with Crippen LogP contribution in [-0.2, 0) is 0 Å². The lowest BCUT2D eigenvalue weighted by molar-refractivity contribution is 0.723. The Kier molecular flexibility index (Phi) is 8.14. The van der Waals surface area contributed by atoms with Crippen LogP contribution in [0, 0.1) is 5.92 Å². The molecule has 278 valence electrons. The van der Waals surface area contributed by atoms with Crippen molar-refractivity contribution in [2.45, 2.75) is 32.6 Å². The molecule has 0 spiro atoms. The molecule has 9 aromatic rings. The van der Waals surface area contributed by atoms with Crippen molar-refractivity contribution in [3.63, 3.8) is 0 Å². The number of hydrogen-bond donors (Lipinski definition) is 0. The third-order valence-electron chi connectivity index (χ3n) is 12.1. The average Bonchev–Trinajstić information content (AvgIpc) is 3.80. The molecule has 5 heteroatoms. The summed E-state index contributed by atoms with van der Waals surface area (Å²) in [6, 6.07) is 53.8. The Bertz CT molecular complexity index is 3070. The van der Waals surface area contributed by atoms with Crippen LogP contribution < -0.4 is 0 Å². The lowest BCUT2D eigenvalue weighted by Gasteiger charge is -2.23. The minimum absolute atomic E-state index is 0.314. The number of benzene rings is 6. The molecule has 2 unspecified atom stereocenters. The van der Waals surface area contributed by atoms with Crippen LogP contribution in [0.25, 0.3) is 84.3 Å². The molecule has 2 aliphatic rings. The summed E-state index contributed by atoms with van der Waals surface area (Å²) in [5, 5.41) is 3.66. The Balaban J connectivity index is 1.04. The molecule has 0 aliphatic heterocycles.